The van der Waals surface area contributed by atoms with Crippen LogP contribution in [0.15, 0.2) is 102 Å². The van der Waals surface area contributed by atoms with E-state index in [2.05, 4.69) is 48.4 Å². The second kappa shape index (κ2) is 8.80. The number of hydrogen-bond donors (Lipinski definition) is 0. The average Bonchev–Trinajstić information content (AvgIpc) is 3.21. The van der Waals surface area contributed by atoms with Gasteiger partial charge in [-0.05, 0) is 52.4 Å². The number of ether oxygens (including phenoxy) is 1. The highest BCUT2D eigenvalue weighted by Gasteiger charge is 2.61. The lowest BCUT2D eigenvalue weighted by Gasteiger charge is -2.45. The minimum atomic E-state index is -0.432. The summed E-state index contributed by atoms with van der Waals surface area (Å²) in [6, 6.07) is 32.2. The molecule has 0 radical (unpaired) electrons. The fourth-order valence-corrected chi connectivity index (χ4v) is 6.44. The summed E-state index contributed by atoms with van der Waals surface area (Å²) in [5.41, 5.74) is 7.67. The van der Waals surface area contributed by atoms with Gasteiger partial charge < -0.3 is 4.74 Å². The van der Waals surface area contributed by atoms with Gasteiger partial charge in [-0.3, -0.25) is 9.59 Å². The van der Waals surface area contributed by atoms with Crippen molar-refractivity contribution >= 4 is 18.0 Å². The van der Waals surface area contributed by atoms with Gasteiger partial charge in [0.15, 0.2) is 0 Å². The highest BCUT2D eigenvalue weighted by Crippen LogP contribution is 2.60. The SMILES string of the molecule is Cc1ccc(COc2cccc(/C=N\N3C(=O)[C@H]4C5c6ccccc6C(c6ccccc65)[C@@H]4C3=O)c2)cc1. The monoisotopic (exact) mass is 498 g/mol. The summed E-state index contributed by atoms with van der Waals surface area (Å²) in [5, 5.41) is 5.53. The molecule has 0 N–H and O–H groups in total. The predicted octanol–water partition coefficient (Wildman–Crippen LogP) is 5.80. The third-order valence-electron chi connectivity index (χ3n) is 8.13. The molecule has 4 aliphatic rings. The molecule has 4 aromatic carbocycles. The molecule has 3 aliphatic carbocycles. The van der Waals surface area contributed by atoms with E-state index in [4.69, 9.17) is 4.74 Å². The van der Waals surface area contributed by atoms with E-state index in [-0.39, 0.29) is 23.7 Å². The molecule has 0 aromatic heterocycles. The van der Waals surface area contributed by atoms with Crippen molar-refractivity contribution in [1.82, 2.24) is 5.01 Å². The Morgan fingerprint density at radius 2 is 1.29 bits per heavy atom. The number of hydrazone groups is 1. The van der Waals surface area contributed by atoms with Gasteiger partial charge in [0.05, 0.1) is 18.1 Å². The number of amides is 2. The molecule has 0 spiro atoms. The van der Waals surface area contributed by atoms with Crippen LogP contribution in [0.3, 0.4) is 0 Å². The molecule has 5 nitrogen and oxygen atoms in total. The van der Waals surface area contributed by atoms with Crippen molar-refractivity contribution in [2.24, 2.45) is 16.9 Å². The Kier molecular flexibility index (Phi) is 5.25. The fraction of sp³-hybridized carbons (Fsp3) is 0.182. The van der Waals surface area contributed by atoms with E-state index in [9.17, 15) is 9.59 Å². The summed E-state index contributed by atoms with van der Waals surface area (Å²) < 4.78 is 5.96. The predicted molar refractivity (Wildman–Crippen MR) is 145 cm³/mol. The summed E-state index contributed by atoms with van der Waals surface area (Å²) in [4.78, 5) is 27.4. The molecule has 5 heteroatoms. The molecular formula is C33H26N2O3. The Morgan fingerprint density at radius 1 is 0.737 bits per heavy atom. The number of hydrogen-bond acceptors (Lipinski definition) is 4. The molecule has 38 heavy (non-hydrogen) atoms. The zero-order chi connectivity index (χ0) is 25.8. The molecule has 2 amide bonds. The van der Waals surface area contributed by atoms with Crippen LogP contribution in [0.2, 0.25) is 0 Å². The Hall–Kier alpha value is -4.51. The van der Waals surface area contributed by atoms with Crippen LogP contribution in [0.25, 0.3) is 0 Å². The summed E-state index contributed by atoms with van der Waals surface area (Å²) >= 11 is 0. The number of rotatable bonds is 5. The van der Waals surface area contributed by atoms with Crippen LogP contribution in [0.4, 0.5) is 0 Å². The van der Waals surface area contributed by atoms with Crippen molar-refractivity contribution < 1.29 is 14.3 Å². The van der Waals surface area contributed by atoms with Crippen molar-refractivity contribution in [3.8, 4) is 5.75 Å². The number of carbonyl (C=O) groups is 2. The van der Waals surface area contributed by atoms with Gasteiger partial charge in [-0.1, -0.05) is 90.5 Å². The van der Waals surface area contributed by atoms with Gasteiger partial charge >= 0.3 is 0 Å². The Bertz CT molecular complexity index is 1490. The Balaban J connectivity index is 1.15. The van der Waals surface area contributed by atoms with Gasteiger partial charge in [-0.2, -0.15) is 10.1 Å². The van der Waals surface area contributed by atoms with Gasteiger partial charge in [0.25, 0.3) is 11.8 Å². The fourth-order valence-electron chi connectivity index (χ4n) is 6.44. The third kappa shape index (κ3) is 3.50. The van der Waals surface area contributed by atoms with Crippen LogP contribution in [-0.4, -0.2) is 23.0 Å². The first-order chi connectivity index (χ1) is 18.6. The van der Waals surface area contributed by atoms with E-state index < -0.39 is 11.8 Å². The summed E-state index contributed by atoms with van der Waals surface area (Å²) in [6.45, 7) is 2.51. The van der Waals surface area contributed by atoms with Crippen LogP contribution >= 0.6 is 0 Å². The molecule has 2 atom stereocenters. The van der Waals surface area contributed by atoms with Crippen molar-refractivity contribution in [3.63, 3.8) is 0 Å². The molecule has 1 heterocycles. The molecule has 4 aromatic rings. The van der Waals surface area contributed by atoms with Crippen molar-refractivity contribution in [3.05, 3.63) is 136 Å². The highest BCUT2D eigenvalue weighted by molar-refractivity contribution is 6.08. The third-order valence-corrected chi connectivity index (χ3v) is 8.13. The second-order valence-electron chi connectivity index (χ2n) is 10.3. The topological polar surface area (TPSA) is 59.0 Å². The van der Waals surface area contributed by atoms with Gasteiger partial charge in [-0.25, -0.2) is 0 Å². The lowest BCUT2D eigenvalue weighted by molar-refractivity contribution is -0.139. The minimum absolute atomic E-state index is 0.132. The number of carbonyl (C=O) groups excluding carboxylic acids is 2. The van der Waals surface area contributed by atoms with Crippen LogP contribution in [0.5, 0.6) is 5.75 Å². The summed E-state index contributed by atoms with van der Waals surface area (Å²) in [7, 11) is 0. The van der Waals surface area contributed by atoms with E-state index in [0.29, 0.717) is 12.4 Å². The second-order valence-corrected chi connectivity index (χ2v) is 10.3. The first-order valence-corrected chi connectivity index (χ1v) is 13.0. The standard InChI is InChI=1S/C33H26N2O3/c1-20-13-15-21(16-14-20)19-38-23-8-6-7-22(17-23)18-34-35-32(36)30-28-24-9-2-3-10-25(24)29(31(30)33(35)37)27-12-5-4-11-26(27)28/h2-18,28-31H,19H2,1H3/b34-18-/t28?,29?,30-,31-/m0/s1. The molecule has 0 saturated carbocycles. The molecule has 186 valence electrons. The Labute approximate surface area is 221 Å². The minimum Gasteiger partial charge on any atom is -0.489 e. The summed E-state index contributed by atoms with van der Waals surface area (Å²) in [6.07, 6.45) is 1.58. The molecule has 1 fully saturated rings. The zero-order valence-electron chi connectivity index (χ0n) is 21.0. The van der Waals surface area contributed by atoms with E-state index in [1.165, 1.54) is 5.56 Å². The maximum Gasteiger partial charge on any atom is 0.254 e. The first kappa shape index (κ1) is 22.7. The van der Waals surface area contributed by atoms with E-state index >= 15 is 0 Å². The quantitative estimate of drug-likeness (QED) is 0.258. The zero-order valence-corrected chi connectivity index (χ0v) is 21.0. The highest BCUT2D eigenvalue weighted by atomic mass is 16.5. The molecule has 1 saturated heterocycles. The first-order valence-electron chi connectivity index (χ1n) is 13.0. The lowest BCUT2D eigenvalue weighted by atomic mass is 9.55. The molecular weight excluding hydrogens is 472 g/mol. The van der Waals surface area contributed by atoms with Crippen molar-refractivity contribution in [1.29, 1.82) is 0 Å². The Morgan fingerprint density at radius 3 is 1.84 bits per heavy atom. The molecule has 0 unspecified atom stereocenters. The van der Waals surface area contributed by atoms with Crippen molar-refractivity contribution in [2.45, 2.75) is 25.4 Å². The maximum absolute atomic E-state index is 13.7. The van der Waals surface area contributed by atoms with Gasteiger partial charge in [0, 0.05) is 11.8 Å². The van der Waals surface area contributed by atoms with E-state index in [1.54, 1.807) is 6.21 Å². The van der Waals surface area contributed by atoms with Gasteiger partial charge in [0.1, 0.15) is 12.4 Å². The van der Waals surface area contributed by atoms with E-state index in [1.807, 2.05) is 60.7 Å². The maximum atomic E-state index is 13.7. The number of aryl methyl sites for hydroxylation is 1. The smallest absolute Gasteiger partial charge is 0.254 e. The average molecular weight is 499 g/mol. The van der Waals surface area contributed by atoms with Crippen LogP contribution in [0.1, 0.15) is 50.8 Å². The largest absolute Gasteiger partial charge is 0.489 e. The number of nitrogens with zero attached hydrogens (tertiary/aromatic N) is 2. The summed E-state index contributed by atoms with van der Waals surface area (Å²) in [5.74, 6) is -0.868. The lowest BCUT2D eigenvalue weighted by Crippen LogP contribution is -2.41. The van der Waals surface area contributed by atoms with E-state index in [0.717, 1.165) is 38.4 Å². The van der Waals surface area contributed by atoms with Gasteiger partial charge in [-0.15, -0.1) is 0 Å². The normalized spacial score (nSPS) is 22.9. The van der Waals surface area contributed by atoms with Crippen LogP contribution < -0.4 is 4.74 Å². The number of imide groups is 1. The van der Waals surface area contributed by atoms with Crippen LogP contribution in [-0.2, 0) is 16.2 Å². The molecule has 8 rings (SSSR count). The van der Waals surface area contributed by atoms with Gasteiger partial charge in [0.2, 0.25) is 0 Å². The molecule has 2 bridgehead atoms. The van der Waals surface area contributed by atoms with Crippen molar-refractivity contribution in [2.75, 3.05) is 0 Å². The van der Waals surface area contributed by atoms with Crippen LogP contribution in [0, 0.1) is 18.8 Å². The molecule has 1 aliphatic heterocycles. The number of benzene rings is 4.